The maximum atomic E-state index is 4.42. The Labute approximate surface area is 97.9 Å². The SMILES string of the molecule is Ic1cc(I)c2ccccc2n1. The molecule has 1 nitrogen and oxygen atoms in total. The van der Waals surface area contributed by atoms with Crippen molar-refractivity contribution in [2.24, 2.45) is 0 Å². The first-order valence-corrected chi connectivity index (χ1v) is 5.64. The van der Waals surface area contributed by atoms with E-state index in [0.29, 0.717) is 0 Å². The quantitative estimate of drug-likeness (QED) is 0.504. The van der Waals surface area contributed by atoms with Crippen LogP contribution in [-0.2, 0) is 0 Å². The Morgan fingerprint density at radius 3 is 2.67 bits per heavy atom. The number of hydrogen-bond donors (Lipinski definition) is 0. The molecule has 0 unspecified atom stereocenters. The van der Waals surface area contributed by atoms with Gasteiger partial charge in [0, 0.05) is 8.96 Å². The van der Waals surface area contributed by atoms with Gasteiger partial charge < -0.3 is 0 Å². The molecule has 3 heteroatoms. The lowest BCUT2D eigenvalue weighted by Crippen LogP contribution is -1.85. The Balaban J connectivity index is 2.89. The highest BCUT2D eigenvalue weighted by Crippen LogP contribution is 2.20. The zero-order valence-electron chi connectivity index (χ0n) is 6.09. The third-order valence-electron chi connectivity index (χ3n) is 1.63. The van der Waals surface area contributed by atoms with Crippen molar-refractivity contribution in [3.63, 3.8) is 0 Å². The summed E-state index contributed by atoms with van der Waals surface area (Å²) in [5, 5.41) is 1.23. The van der Waals surface area contributed by atoms with Crippen LogP contribution in [0.2, 0.25) is 0 Å². The van der Waals surface area contributed by atoms with E-state index in [1.165, 1.54) is 8.96 Å². The number of nitrogens with zero attached hydrogens (tertiary/aromatic N) is 1. The molecule has 0 aliphatic rings. The number of rotatable bonds is 0. The smallest absolute Gasteiger partial charge is 0.103 e. The lowest BCUT2D eigenvalue weighted by molar-refractivity contribution is 1.34. The van der Waals surface area contributed by atoms with E-state index in [2.05, 4.69) is 62.3 Å². The normalized spacial score (nSPS) is 10.5. The Hall–Kier alpha value is 0.0900. The summed E-state index contributed by atoms with van der Waals surface area (Å²) in [4.78, 5) is 4.42. The summed E-state index contributed by atoms with van der Waals surface area (Å²) in [6.45, 7) is 0. The summed E-state index contributed by atoms with van der Waals surface area (Å²) in [6, 6.07) is 10.3. The van der Waals surface area contributed by atoms with Crippen LogP contribution in [0.4, 0.5) is 0 Å². The molecular formula is C9H5I2N. The highest BCUT2D eigenvalue weighted by molar-refractivity contribution is 14.1. The van der Waals surface area contributed by atoms with Gasteiger partial charge in [-0.05, 0) is 57.3 Å². The molecule has 0 aliphatic carbocycles. The molecule has 0 fully saturated rings. The molecule has 1 heterocycles. The van der Waals surface area contributed by atoms with Gasteiger partial charge in [0.25, 0.3) is 0 Å². The van der Waals surface area contributed by atoms with Gasteiger partial charge >= 0.3 is 0 Å². The van der Waals surface area contributed by atoms with Gasteiger partial charge in [-0.2, -0.15) is 0 Å². The zero-order valence-corrected chi connectivity index (χ0v) is 10.4. The topological polar surface area (TPSA) is 12.9 Å². The van der Waals surface area contributed by atoms with Gasteiger partial charge in [-0.15, -0.1) is 0 Å². The van der Waals surface area contributed by atoms with Crippen LogP contribution in [0.5, 0.6) is 0 Å². The van der Waals surface area contributed by atoms with E-state index < -0.39 is 0 Å². The van der Waals surface area contributed by atoms with E-state index in [1.54, 1.807) is 0 Å². The van der Waals surface area contributed by atoms with Crippen molar-refractivity contribution in [1.82, 2.24) is 4.98 Å². The monoisotopic (exact) mass is 381 g/mol. The maximum Gasteiger partial charge on any atom is 0.103 e. The van der Waals surface area contributed by atoms with Crippen molar-refractivity contribution < 1.29 is 0 Å². The first kappa shape index (κ1) is 8.68. The lowest BCUT2D eigenvalue weighted by Gasteiger charge is -1.99. The molecule has 1 aromatic carbocycles. The van der Waals surface area contributed by atoms with Gasteiger partial charge in [-0.1, -0.05) is 18.2 Å². The molecule has 0 N–H and O–H groups in total. The first-order valence-electron chi connectivity index (χ1n) is 3.48. The molecule has 0 spiro atoms. The van der Waals surface area contributed by atoms with Crippen LogP contribution in [0, 0.1) is 7.27 Å². The Morgan fingerprint density at radius 2 is 1.83 bits per heavy atom. The number of para-hydroxylation sites is 1. The molecule has 60 valence electrons. The van der Waals surface area contributed by atoms with E-state index in [0.717, 1.165) is 9.22 Å². The van der Waals surface area contributed by atoms with Gasteiger partial charge in [-0.3, -0.25) is 0 Å². The predicted molar refractivity (Wildman–Crippen MR) is 67.2 cm³/mol. The average Bonchev–Trinajstić information content (AvgIpc) is 2.04. The van der Waals surface area contributed by atoms with Crippen molar-refractivity contribution in [2.75, 3.05) is 0 Å². The second-order valence-corrected chi connectivity index (χ2v) is 4.71. The Bertz CT molecular complexity index is 426. The molecular weight excluding hydrogens is 376 g/mol. The molecule has 0 saturated carbocycles. The fraction of sp³-hybridized carbons (Fsp3) is 0. The highest BCUT2D eigenvalue weighted by Gasteiger charge is 1.99. The molecule has 0 saturated heterocycles. The van der Waals surface area contributed by atoms with Gasteiger partial charge in [0.1, 0.15) is 3.70 Å². The lowest BCUT2D eigenvalue weighted by atomic mass is 10.2. The van der Waals surface area contributed by atoms with Crippen LogP contribution in [-0.4, -0.2) is 4.98 Å². The second-order valence-electron chi connectivity index (χ2n) is 2.44. The molecule has 0 aliphatic heterocycles. The van der Waals surface area contributed by atoms with Crippen LogP contribution >= 0.6 is 45.2 Å². The number of halogens is 2. The van der Waals surface area contributed by atoms with Gasteiger partial charge in [-0.25, -0.2) is 4.98 Å². The third kappa shape index (κ3) is 1.56. The van der Waals surface area contributed by atoms with E-state index in [9.17, 15) is 0 Å². The van der Waals surface area contributed by atoms with Crippen molar-refractivity contribution in [2.45, 2.75) is 0 Å². The number of pyridine rings is 1. The van der Waals surface area contributed by atoms with E-state index in [1.807, 2.05) is 18.2 Å². The minimum Gasteiger partial charge on any atom is -0.242 e. The largest absolute Gasteiger partial charge is 0.242 e. The second kappa shape index (κ2) is 3.45. The summed E-state index contributed by atoms with van der Waals surface area (Å²) in [5.74, 6) is 0. The molecule has 12 heavy (non-hydrogen) atoms. The van der Waals surface area contributed by atoms with E-state index >= 15 is 0 Å². The molecule has 0 atom stereocenters. The number of aromatic nitrogens is 1. The van der Waals surface area contributed by atoms with Gasteiger partial charge in [0.15, 0.2) is 0 Å². The summed E-state index contributed by atoms with van der Waals surface area (Å²) in [7, 11) is 0. The minimum absolute atomic E-state index is 1.05. The Morgan fingerprint density at radius 1 is 1.08 bits per heavy atom. The van der Waals surface area contributed by atoms with Crippen LogP contribution in [0.25, 0.3) is 10.9 Å². The molecule has 2 aromatic rings. The fourth-order valence-electron chi connectivity index (χ4n) is 1.10. The first-order chi connectivity index (χ1) is 5.77. The molecule has 2 rings (SSSR count). The summed E-state index contributed by atoms with van der Waals surface area (Å²) >= 11 is 4.58. The number of benzene rings is 1. The number of fused-ring (bicyclic) bond motifs is 1. The van der Waals surface area contributed by atoms with Crippen molar-refractivity contribution in [3.05, 3.63) is 37.6 Å². The average molecular weight is 381 g/mol. The molecule has 0 amide bonds. The van der Waals surface area contributed by atoms with Crippen molar-refractivity contribution >= 4 is 56.1 Å². The Kier molecular flexibility index (Phi) is 2.49. The van der Waals surface area contributed by atoms with Crippen molar-refractivity contribution in [1.29, 1.82) is 0 Å². The summed E-state index contributed by atoms with van der Waals surface area (Å²) in [6.07, 6.45) is 0. The highest BCUT2D eigenvalue weighted by atomic mass is 127. The van der Waals surface area contributed by atoms with Crippen LogP contribution in [0.15, 0.2) is 30.3 Å². The van der Waals surface area contributed by atoms with E-state index in [-0.39, 0.29) is 0 Å². The van der Waals surface area contributed by atoms with Gasteiger partial charge in [0.2, 0.25) is 0 Å². The summed E-state index contributed by atoms with van der Waals surface area (Å²) < 4.78 is 2.32. The fourth-order valence-corrected chi connectivity index (χ4v) is 3.02. The van der Waals surface area contributed by atoms with Crippen LogP contribution in [0.3, 0.4) is 0 Å². The van der Waals surface area contributed by atoms with Crippen LogP contribution in [0.1, 0.15) is 0 Å². The number of hydrogen-bond acceptors (Lipinski definition) is 1. The van der Waals surface area contributed by atoms with Crippen molar-refractivity contribution in [3.8, 4) is 0 Å². The molecule has 0 bridgehead atoms. The van der Waals surface area contributed by atoms with E-state index in [4.69, 9.17) is 0 Å². The standard InChI is InChI=1S/C9H5I2N/c10-7-5-9(11)12-8-4-2-1-3-6(7)8/h1-5H. The zero-order chi connectivity index (χ0) is 8.55. The molecule has 1 aromatic heterocycles. The molecule has 0 radical (unpaired) electrons. The summed E-state index contributed by atoms with van der Waals surface area (Å²) in [5.41, 5.74) is 1.08. The predicted octanol–water partition coefficient (Wildman–Crippen LogP) is 3.44. The minimum atomic E-state index is 1.05. The van der Waals surface area contributed by atoms with Crippen LogP contribution < -0.4 is 0 Å². The third-order valence-corrected chi connectivity index (χ3v) is 3.08. The van der Waals surface area contributed by atoms with Gasteiger partial charge in [0.05, 0.1) is 5.52 Å². The maximum absolute atomic E-state index is 4.42.